The molecule has 1 amide bonds. The number of hydrogen-bond donors (Lipinski definition) is 2. The maximum Gasteiger partial charge on any atom is 0.436 e. The number of rotatable bonds is 7. The van der Waals surface area contributed by atoms with Gasteiger partial charge < -0.3 is 15.1 Å². The number of carbonyl (C=O) groups excluding carboxylic acids is 1. The minimum atomic E-state index is -4.67. The number of fused-ring (bicyclic) bond motifs is 1. The van der Waals surface area contributed by atoms with Crippen LogP contribution in [0.1, 0.15) is 73.4 Å². The van der Waals surface area contributed by atoms with Crippen molar-refractivity contribution < 1.29 is 22.4 Å². The van der Waals surface area contributed by atoms with Gasteiger partial charge in [0.25, 0.3) is 0 Å². The smallest absolute Gasteiger partial charge is 0.392 e. The van der Waals surface area contributed by atoms with E-state index in [-0.39, 0.29) is 11.5 Å². The summed E-state index contributed by atoms with van der Waals surface area (Å²) < 4.78 is 48.6. The number of aryl methyl sites for hydroxylation is 1. The van der Waals surface area contributed by atoms with Gasteiger partial charge in [-0.15, -0.1) is 5.10 Å². The first kappa shape index (κ1) is 27.0. The van der Waals surface area contributed by atoms with Crippen LogP contribution in [0.5, 0.6) is 0 Å². The molecule has 0 spiro atoms. The van der Waals surface area contributed by atoms with E-state index >= 15 is 0 Å². The molecule has 12 heteroatoms. The van der Waals surface area contributed by atoms with E-state index in [0.29, 0.717) is 43.2 Å². The van der Waals surface area contributed by atoms with E-state index in [1.54, 1.807) is 24.5 Å². The summed E-state index contributed by atoms with van der Waals surface area (Å²) in [6, 6.07) is 7.51. The zero-order valence-corrected chi connectivity index (χ0v) is 22.3. The molecule has 0 aliphatic heterocycles. The van der Waals surface area contributed by atoms with E-state index in [9.17, 15) is 22.8 Å². The Hall–Kier alpha value is -4.22. The zero-order chi connectivity index (χ0) is 28.7. The molecule has 3 heterocycles. The van der Waals surface area contributed by atoms with Gasteiger partial charge in [-0.2, -0.15) is 17.9 Å². The van der Waals surface area contributed by atoms with Gasteiger partial charge in [0.1, 0.15) is 0 Å². The van der Waals surface area contributed by atoms with E-state index < -0.39 is 29.8 Å². The molecule has 0 radical (unpaired) electrons. The lowest BCUT2D eigenvalue weighted by molar-refractivity contribution is -0.165. The molecule has 3 aromatic heterocycles. The number of alkyl halides is 3. The van der Waals surface area contributed by atoms with Crippen molar-refractivity contribution in [2.75, 3.05) is 5.32 Å². The highest BCUT2D eigenvalue weighted by atomic mass is 19.4. The summed E-state index contributed by atoms with van der Waals surface area (Å²) in [6.07, 6.45) is 2.64. The van der Waals surface area contributed by atoms with Crippen molar-refractivity contribution in [2.24, 2.45) is 13.0 Å². The van der Waals surface area contributed by atoms with Crippen LogP contribution in [0.2, 0.25) is 0 Å². The number of benzene rings is 1. The third-order valence-electron chi connectivity index (χ3n) is 7.94. The van der Waals surface area contributed by atoms with Crippen molar-refractivity contribution in [3.63, 3.8) is 0 Å². The van der Waals surface area contributed by atoms with Crippen LogP contribution in [0.15, 0.2) is 58.0 Å². The molecular weight excluding hydrogens is 537 g/mol. The van der Waals surface area contributed by atoms with Gasteiger partial charge in [0.2, 0.25) is 11.8 Å². The Bertz CT molecular complexity index is 1620. The molecule has 2 aliphatic carbocycles. The van der Waals surface area contributed by atoms with Gasteiger partial charge >= 0.3 is 11.9 Å². The SMILES string of the molecule is Cn1nc(C2CCC(C(=O)N[C@@H](c3ccc(Nc4cnc5cccnc5c4C4CC4)cc3)C(F)(F)F)CC2)oc1=O. The van der Waals surface area contributed by atoms with Crippen LogP contribution in [0.4, 0.5) is 24.5 Å². The summed E-state index contributed by atoms with van der Waals surface area (Å²) >= 11 is 0. The quantitative estimate of drug-likeness (QED) is 0.298. The zero-order valence-electron chi connectivity index (χ0n) is 22.3. The first-order valence-corrected chi connectivity index (χ1v) is 13.7. The summed E-state index contributed by atoms with van der Waals surface area (Å²) in [5.74, 6) is -1.23. The largest absolute Gasteiger partial charge is 0.436 e. The van der Waals surface area contributed by atoms with Crippen LogP contribution in [0, 0.1) is 5.92 Å². The molecule has 2 N–H and O–H groups in total. The van der Waals surface area contributed by atoms with Gasteiger partial charge in [0.15, 0.2) is 6.04 Å². The van der Waals surface area contributed by atoms with Crippen LogP contribution < -0.4 is 16.4 Å². The van der Waals surface area contributed by atoms with Crippen molar-refractivity contribution in [1.29, 1.82) is 0 Å². The lowest BCUT2D eigenvalue weighted by atomic mass is 9.81. The van der Waals surface area contributed by atoms with Crippen molar-refractivity contribution in [2.45, 2.75) is 62.6 Å². The van der Waals surface area contributed by atoms with E-state index in [1.165, 1.54) is 19.2 Å². The Balaban J connectivity index is 1.14. The highest BCUT2D eigenvalue weighted by molar-refractivity contribution is 5.85. The van der Waals surface area contributed by atoms with Crippen molar-refractivity contribution in [3.8, 4) is 0 Å². The summed E-state index contributed by atoms with van der Waals surface area (Å²) in [5, 5.41) is 9.60. The molecule has 9 nitrogen and oxygen atoms in total. The predicted octanol–water partition coefficient (Wildman–Crippen LogP) is 5.63. The average molecular weight is 567 g/mol. The van der Waals surface area contributed by atoms with Crippen LogP contribution in [-0.2, 0) is 11.8 Å². The standard InChI is InChI=1S/C29H29F3N6O3/c1-38-28(40)41-27(37-38)19-8-6-18(7-9-19)26(39)36-25(29(30,31)32)17-10-12-20(13-11-17)35-22-15-34-21-3-2-14-33-24(21)23(22)16-4-5-16/h2-3,10-16,18-19,25,35H,4-9H2,1H3,(H,36,39)/t18?,19?,25-/m0/s1. The first-order valence-electron chi connectivity index (χ1n) is 13.7. The Morgan fingerprint density at radius 3 is 2.37 bits per heavy atom. The maximum absolute atomic E-state index is 14.1. The Kier molecular flexibility index (Phi) is 7.00. The molecule has 2 saturated carbocycles. The fourth-order valence-electron chi connectivity index (χ4n) is 5.59. The lowest BCUT2D eigenvalue weighted by Crippen LogP contribution is -2.41. The van der Waals surface area contributed by atoms with Gasteiger partial charge in [0, 0.05) is 36.3 Å². The number of nitrogens with zero attached hydrogens (tertiary/aromatic N) is 4. The lowest BCUT2D eigenvalue weighted by Gasteiger charge is -2.29. The molecule has 0 unspecified atom stereocenters. The fourth-order valence-corrected chi connectivity index (χ4v) is 5.59. The Labute approximate surface area is 233 Å². The number of carbonyl (C=O) groups is 1. The molecule has 1 aromatic carbocycles. The normalized spacial score (nSPS) is 20.1. The monoisotopic (exact) mass is 566 g/mol. The Morgan fingerprint density at radius 1 is 1.02 bits per heavy atom. The number of pyridine rings is 2. The van der Waals surface area contributed by atoms with Crippen molar-refractivity contribution >= 4 is 28.3 Å². The third-order valence-corrected chi connectivity index (χ3v) is 7.94. The highest BCUT2D eigenvalue weighted by Crippen LogP contribution is 2.46. The van der Waals surface area contributed by atoms with Gasteiger partial charge in [-0.05, 0) is 74.3 Å². The fraction of sp³-hybridized carbons (Fsp3) is 0.414. The number of halogens is 3. The minimum Gasteiger partial charge on any atom is -0.392 e. The summed E-state index contributed by atoms with van der Waals surface area (Å²) in [6.45, 7) is 0. The number of anilines is 2. The Morgan fingerprint density at radius 2 is 1.73 bits per heavy atom. The number of amides is 1. The number of aromatic nitrogens is 4. The molecule has 2 aliphatic rings. The molecule has 41 heavy (non-hydrogen) atoms. The molecule has 6 rings (SSSR count). The van der Waals surface area contributed by atoms with E-state index in [1.807, 2.05) is 12.1 Å². The third kappa shape index (κ3) is 5.68. The van der Waals surface area contributed by atoms with Crippen LogP contribution in [0.3, 0.4) is 0 Å². The summed E-state index contributed by atoms with van der Waals surface area (Å²) in [4.78, 5) is 33.5. The topological polar surface area (TPSA) is 115 Å². The van der Waals surface area contributed by atoms with Gasteiger partial charge in [-0.1, -0.05) is 12.1 Å². The van der Waals surface area contributed by atoms with Crippen LogP contribution >= 0.6 is 0 Å². The average Bonchev–Trinajstić information content (AvgIpc) is 3.74. The molecule has 214 valence electrons. The summed E-state index contributed by atoms with van der Waals surface area (Å²) in [5.41, 5.74) is 4.04. The van der Waals surface area contributed by atoms with Crippen molar-refractivity contribution in [1.82, 2.24) is 25.1 Å². The molecule has 0 bridgehead atoms. The maximum atomic E-state index is 14.1. The second-order valence-electron chi connectivity index (χ2n) is 10.8. The van der Waals surface area contributed by atoms with Gasteiger partial charge in [0.05, 0.1) is 22.9 Å². The van der Waals surface area contributed by atoms with E-state index in [0.717, 1.165) is 39.8 Å². The van der Waals surface area contributed by atoms with Crippen LogP contribution in [-0.4, -0.2) is 31.8 Å². The second kappa shape index (κ2) is 10.6. The van der Waals surface area contributed by atoms with E-state index in [4.69, 9.17) is 4.42 Å². The van der Waals surface area contributed by atoms with Crippen molar-refractivity contribution in [3.05, 3.63) is 76.4 Å². The highest BCUT2D eigenvalue weighted by Gasteiger charge is 2.43. The molecule has 0 saturated heterocycles. The van der Waals surface area contributed by atoms with E-state index in [2.05, 4.69) is 25.7 Å². The molecule has 4 aromatic rings. The number of nitrogens with one attached hydrogen (secondary N) is 2. The number of hydrogen-bond acceptors (Lipinski definition) is 7. The minimum absolute atomic E-state index is 0.0546. The predicted molar refractivity (Wildman–Crippen MR) is 145 cm³/mol. The molecule has 1 atom stereocenters. The summed E-state index contributed by atoms with van der Waals surface area (Å²) in [7, 11) is 1.48. The van der Waals surface area contributed by atoms with Gasteiger partial charge in [-0.3, -0.25) is 14.8 Å². The molecule has 2 fully saturated rings. The first-order chi connectivity index (χ1) is 19.7. The van der Waals surface area contributed by atoms with Crippen LogP contribution in [0.25, 0.3) is 11.0 Å². The molecular formula is C29H29F3N6O3. The second-order valence-corrected chi connectivity index (χ2v) is 10.8. The van der Waals surface area contributed by atoms with Gasteiger partial charge in [-0.25, -0.2) is 4.79 Å².